The molecule has 1 aliphatic carbocycles. The summed E-state index contributed by atoms with van der Waals surface area (Å²) in [5.74, 6) is 0.538. The quantitative estimate of drug-likeness (QED) is 0.739. The summed E-state index contributed by atoms with van der Waals surface area (Å²) in [7, 11) is 0. The number of ether oxygens (including phenoxy) is 1. The van der Waals surface area contributed by atoms with Gasteiger partial charge in [0, 0.05) is 37.4 Å². The number of nitrogens with zero attached hydrogens (tertiary/aromatic N) is 4. The SMILES string of the molecule is Cc1ncnc(N2CCN(C(=O)C3CC(=O)OC34CCCCC4)CC2)c1C. The standard InChI is InChI=1S/C20H28N4O3/c1-14-15(2)21-13-22-18(14)23-8-10-24(11-9-23)19(26)16-12-17(25)27-20(16)6-4-3-5-7-20/h13,16H,3-12H2,1-2H3. The lowest BCUT2D eigenvalue weighted by Crippen LogP contribution is -2.54. The van der Waals surface area contributed by atoms with Crippen molar-refractivity contribution in [1.29, 1.82) is 0 Å². The summed E-state index contributed by atoms with van der Waals surface area (Å²) < 4.78 is 5.72. The molecule has 1 aromatic rings. The molecule has 1 amide bonds. The fourth-order valence-corrected chi connectivity index (χ4v) is 4.81. The van der Waals surface area contributed by atoms with E-state index < -0.39 is 5.60 Å². The van der Waals surface area contributed by atoms with Gasteiger partial charge in [-0.05, 0) is 39.5 Å². The molecule has 0 aromatic carbocycles. The number of aryl methyl sites for hydroxylation is 1. The zero-order chi connectivity index (χ0) is 19.0. The van der Waals surface area contributed by atoms with Crippen molar-refractivity contribution in [2.24, 2.45) is 5.92 Å². The van der Waals surface area contributed by atoms with Crippen LogP contribution in [0.25, 0.3) is 0 Å². The first-order valence-corrected chi connectivity index (χ1v) is 10.0. The van der Waals surface area contributed by atoms with Gasteiger partial charge in [0.05, 0.1) is 12.3 Å². The molecule has 1 aromatic heterocycles. The van der Waals surface area contributed by atoms with Crippen LogP contribution in [0.3, 0.4) is 0 Å². The lowest BCUT2D eigenvalue weighted by Gasteiger charge is -2.41. The minimum Gasteiger partial charge on any atom is -0.458 e. The smallest absolute Gasteiger partial charge is 0.307 e. The number of carbonyl (C=O) groups excluding carboxylic acids is 2. The molecule has 7 nitrogen and oxygen atoms in total. The number of esters is 1. The molecule has 27 heavy (non-hydrogen) atoms. The van der Waals surface area contributed by atoms with Crippen LogP contribution in [-0.2, 0) is 14.3 Å². The summed E-state index contributed by atoms with van der Waals surface area (Å²) in [6.07, 6.45) is 6.74. The Morgan fingerprint density at radius 3 is 2.52 bits per heavy atom. The average molecular weight is 372 g/mol. The van der Waals surface area contributed by atoms with E-state index in [1.807, 2.05) is 18.7 Å². The Balaban J connectivity index is 1.44. The van der Waals surface area contributed by atoms with E-state index in [2.05, 4.69) is 14.9 Å². The van der Waals surface area contributed by atoms with Crippen LogP contribution in [0.1, 0.15) is 49.8 Å². The highest BCUT2D eigenvalue weighted by molar-refractivity contribution is 5.88. The maximum Gasteiger partial charge on any atom is 0.307 e. The Bertz CT molecular complexity index is 737. The average Bonchev–Trinajstić information content (AvgIpc) is 2.99. The molecule has 1 spiro atoms. The van der Waals surface area contributed by atoms with Crippen LogP contribution in [0.2, 0.25) is 0 Å². The third-order valence-electron chi connectivity index (χ3n) is 6.52. The second-order valence-corrected chi connectivity index (χ2v) is 8.08. The van der Waals surface area contributed by atoms with Gasteiger partial charge >= 0.3 is 5.97 Å². The zero-order valence-electron chi connectivity index (χ0n) is 16.2. The van der Waals surface area contributed by atoms with Gasteiger partial charge in [-0.1, -0.05) is 6.42 Å². The number of anilines is 1. The summed E-state index contributed by atoms with van der Waals surface area (Å²) in [6.45, 7) is 6.83. The van der Waals surface area contributed by atoms with E-state index in [-0.39, 0.29) is 24.2 Å². The van der Waals surface area contributed by atoms with E-state index in [0.29, 0.717) is 13.1 Å². The molecular weight excluding hydrogens is 344 g/mol. The number of aromatic nitrogens is 2. The molecule has 1 atom stereocenters. The van der Waals surface area contributed by atoms with Gasteiger partial charge in [0.2, 0.25) is 5.91 Å². The predicted octanol–water partition coefficient (Wildman–Crippen LogP) is 2.01. The molecule has 1 saturated carbocycles. The maximum absolute atomic E-state index is 13.2. The van der Waals surface area contributed by atoms with E-state index >= 15 is 0 Å². The Morgan fingerprint density at radius 1 is 1.11 bits per heavy atom. The van der Waals surface area contributed by atoms with Crippen molar-refractivity contribution < 1.29 is 14.3 Å². The number of carbonyl (C=O) groups is 2. The molecule has 2 aliphatic heterocycles. The summed E-state index contributed by atoms with van der Waals surface area (Å²) >= 11 is 0. The molecule has 0 N–H and O–H groups in total. The minimum absolute atomic E-state index is 0.0954. The van der Waals surface area contributed by atoms with Gasteiger partial charge in [-0.2, -0.15) is 0 Å². The number of hydrogen-bond donors (Lipinski definition) is 0. The van der Waals surface area contributed by atoms with E-state index in [4.69, 9.17) is 4.74 Å². The summed E-state index contributed by atoms with van der Waals surface area (Å²) in [6, 6.07) is 0. The first kappa shape index (κ1) is 18.2. The molecule has 3 heterocycles. The van der Waals surface area contributed by atoms with E-state index in [1.54, 1.807) is 6.33 Å². The van der Waals surface area contributed by atoms with E-state index in [9.17, 15) is 9.59 Å². The highest BCUT2D eigenvalue weighted by Crippen LogP contribution is 2.45. The molecule has 0 radical (unpaired) electrons. The van der Waals surface area contributed by atoms with Crippen LogP contribution in [0.4, 0.5) is 5.82 Å². The fraction of sp³-hybridized carbons (Fsp3) is 0.700. The van der Waals surface area contributed by atoms with Crippen LogP contribution < -0.4 is 4.90 Å². The van der Waals surface area contributed by atoms with Crippen LogP contribution >= 0.6 is 0 Å². The monoisotopic (exact) mass is 372 g/mol. The van der Waals surface area contributed by atoms with Crippen LogP contribution in [-0.4, -0.2) is 58.5 Å². The summed E-state index contributed by atoms with van der Waals surface area (Å²) in [5, 5.41) is 0. The van der Waals surface area contributed by atoms with Crippen molar-refractivity contribution in [3.05, 3.63) is 17.6 Å². The fourth-order valence-electron chi connectivity index (χ4n) is 4.81. The molecular formula is C20H28N4O3. The predicted molar refractivity (Wildman–Crippen MR) is 100 cm³/mol. The van der Waals surface area contributed by atoms with Crippen molar-refractivity contribution in [1.82, 2.24) is 14.9 Å². The minimum atomic E-state index is -0.538. The van der Waals surface area contributed by atoms with Crippen LogP contribution in [0.5, 0.6) is 0 Å². The Kier molecular flexibility index (Phi) is 4.78. The van der Waals surface area contributed by atoms with E-state index in [0.717, 1.165) is 62.3 Å². The largest absolute Gasteiger partial charge is 0.458 e. The molecule has 146 valence electrons. The van der Waals surface area contributed by atoms with Gasteiger partial charge in [0.1, 0.15) is 17.7 Å². The second-order valence-electron chi connectivity index (χ2n) is 8.08. The Labute approximate surface area is 160 Å². The summed E-state index contributed by atoms with van der Waals surface area (Å²) in [4.78, 5) is 38.1. The lowest BCUT2D eigenvalue weighted by molar-refractivity contribution is -0.155. The van der Waals surface area contributed by atoms with Gasteiger partial charge in [0.15, 0.2) is 0 Å². The van der Waals surface area contributed by atoms with Crippen molar-refractivity contribution in [2.75, 3.05) is 31.1 Å². The van der Waals surface area contributed by atoms with Gasteiger partial charge < -0.3 is 14.5 Å². The van der Waals surface area contributed by atoms with Crippen LogP contribution in [0, 0.1) is 19.8 Å². The zero-order valence-corrected chi connectivity index (χ0v) is 16.2. The number of hydrogen-bond acceptors (Lipinski definition) is 6. The van der Waals surface area contributed by atoms with Gasteiger partial charge in [-0.3, -0.25) is 9.59 Å². The normalized spacial score (nSPS) is 25.0. The second kappa shape index (κ2) is 7.09. The van der Waals surface area contributed by atoms with Gasteiger partial charge in [0.25, 0.3) is 0 Å². The van der Waals surface area contributed by atoms with Crippen molar-refractivity contribution in [2.45, 2.75) is 58.0 Å². The molecule has 3 fully saturated rings. The molecule has 7 heteroatoms. The third kappa shape index (κ3) is 3.28. The lowest BCUT2D eigenvalue weighted by atomic mass is 9.75. The Hall–Kier alpha value is -2.18. The maximum atomic E-state index is 13.2. The first-order chi connectivity index (χ1) is 13.0. The molecule has 4 rings (SSSR count). The first-order valence-electron chi connectivity index (χ1n) is 10.0. The highest BCUT2D eigenvalue weighted by Gasteiger charge is 2.53. The van der Waals surface area contributed by atoms with Crippen molar-refractivity contribution >= 4 is 17.7 Å². The molecule has 3 aliphatic rings. The summed E-state index contributed by atoms with van der Waals surface area (Å²) in [5.41, 5.74) is 1.54. The highest BCUT2D eigenvalue weighted by atomic mass is 16.6. The number of piperazine rings is 1. The molecule has 2 saturated heterocycles. The van der Waals surface area contributed by atoms with Gasteiger partial charge in [-0.25, -0.2) is 9.97 Å². The third-order valence-corrected chi connectivity index (χ3v) is 6.52. The molecule has 0 bridgehead atoms. The van der Waals surface area contributed by atoms with Crippen molar-refractivity contribution in [3.8, 4) is 0 Å². The van der Waals surface area contributed by atoms with E-state index in [1.165, 1.54) is 0 Å². The topological polar surface area (TPSA) is 75.6 Å². The molecule has 1 unspecified atom stereocenters. The van der Waals surface area contributed by atoms with Gasteiger partial charge in [-0.15, -0.1) is 0 Å². The Morgan fingerprint density at radius 2 is 1.81 bits per heavy atom. The van der Waals surface area contributed by atoms with Crippen LogP contribution in [0.15, 0.2) is 6.33 Å². The number of rotatable bonds is 2. The van der Waals surface area contributed by atoms with Crippen molar-refractivity contribution in [3.63, 3.8) is 0 Å². The number of amides is 1.